The molecule has 3 nitrogen and oxygen atoms in total. The van der Waals surface area contributed by atoms with Crippen molar-refractivity contribution in [2.45, 2.75) is 13.3 Å². The van der Waals surface area contributed by atoms with Gasteiger partial charge in [-0.15, -0.1) is 0 Å². The fourth-order valence-corrected chi connectivity index (χ4v) is 1.64. The van der Waals surface area contributed by atoms with E-state index in [9.17, 15) is 5.11 Å². The van der Waals surface area contributed by atoms with E-state index >= 15 is 0 Å². The van der Waals surface area contributed by atoms with Crippen molar-refractivity contribution in [2.24, 2.45) is 0 Å². The maximum absolute atomic E-state index is 9.51. The zero-order valence-corrected chi connectivity index (χ0v) is 9.04. The van der Waals surface area contributed by atoms with Crippen LogP contribution in [0.15, 0.2) is 22.8 Å². The summed E-state index contributed by atoms with van der Waals surface area (Å²) in [5, 5.41) is 10.5. The maximum atomic E-state index is 9.51. The summed E-state index contributed by atoms with van der Waals surface area (Å²) in [6, 6.07) is 3.42. The van der Waals surface area contributed by atoms with Crippen LogP contribution in [0.3, 0.4) is 0 Å². The highest BCUT2D eigenvalue weighted by atomic mass is 35.5. The number of halogens is 1. The zero-order chi connectivity index (χ0) is 10.8. The van der Waals surface area contributed by atoms with Gasteiger partial charge in [-0.25, -0.2) is 0 Å². The Kier molecular flexibility index (Phi) is 2.73. The van der Waals surface area contributed by atoms with Gasteiger partial charge in [0, 0.05) is 0 Å². The van der Waals surface area contributed by atoms with Crippen LogP contribution in [-0.4, -0.2) is 11.7 Å². The molecule has 2 aromatic rings. The van der Waals surface area contributed by atoms with Crippen LogP contribution in [0.4, 0.5) is 0 Å². The molecule has 0 spiro atoms. The van der Waals surface area contributed by atoms with Crippen LogP contribution in [0.1, 0.15) is 13.3 Å². The Morgan fingerprint density at radius 3 is 3.00 bits per heavy atom. The van der Waals surface area contributed by atoms with Gasteiger partial charge in [-0.3, -0.25) is 0 Å². The molecule has 80 valence electrons. The Bertz CT molecular complexity index is 476. The van der Waals surface area contributed by atoms with Crippen LogP contribution in [0, 0.1) is 0 Å². The molecule has 0 saturated heterocycles. The first kappa shape index (κ1) is 10.2. The SMILES string of the molecule is CCCOc1ccc(Cl)c2c(O)coc12. The van der Waals surface area contributed by atoms with Gasteiger partial charge in [-0.1, -0.05) is 18.5 Å². The van der Waals surface area contributed by atoms with Crippen LogP contribution in [0.25, 0.3) is 11.0 Å². The van der Waals surface area contributed by atoms with Gasteiger partial charge in [0.2, 0.25) is 0 Å². The number of ether oxygens (including phenoxy) is 1. The van der Waals surface area contributed by atoms with E-state index in [1.165, 1.54) is 6.26 Å². The molecule has 0 amide bonds. The van der Waals surface area contributed by atoms with Gasteiger partial charge in [0.25, 0.3) is 0 Å². The minimum Gasteiger partial charge on any atom is -0.504 e. The number of rotatable bonds is 3. The third kappa shape index (κ3) is 1.75. The van der Waals surface area contributed by atoms with E-state index in [2.05, 4.69) is 0 Å². The van der Waals surface area contributed by atoms with Crippen molar-refractivity contribution in [3.8, 4) is 11.5 Å². The maximum Gasteiger partial charge on any atom is 0.181 e. The average molecular weight is 227 g/mol. The first-order valence-electron chi connectivity index (χ1n) is 4.75. The lowest BCUT2D eigenvalue weighted by molar-refractivity contribution is 0.316. The molecule has 0 unspecified atom stereocenters. The number of hydrogen-bond acceptors (Lipinski definition) is 3. The van der Waals surface area contributed by atoms with Crippen molar-refractivity contribution in [1.29, 1.82) is 0 Å². The second-order valence-corrected chi connectivity index (χ2v) is 3.63. The molecule has 15 heavy (non-hydrogen) atoms. The quantitative estimate of drug-likeness (QED) is 0.870. The summed E-state index contributed by atoms with van der Waals surface area (Å²) in [6.45, 7) is 2.63. The van der Waals surface area contributed by atoms with Crippen LogP contribution in [0.5, 0.6) is 11.5 Å². The largest absolute Gasteiger partial charge is 0.504 e. The molecule has 0 atom stereocenters. The molecule has 0 aliphatic rings. The first-order valence-corrected chi connectivity index (χ1v) is 5.13. The Morgan fingerprint density at radius 1 is 1.47 bits per heavy atom. The highest BCUT2D eigenvalue weighted by Gasteiger charge is 2.13. The molecule has 2 rings (SSSR count). The summed E-state index contributed by atoms with van der Waals surface area (Å²) in [6.07, 6.45) is 2.17. The summed E-state index contributed by atoms with van der Waals surface area (Å²) < 4.78 is 10.7. The molecule has 1 aromatic carbocycles. The molecular weight excluding hydrogens is 216 g/mol. The summed E-state index contributed by atoms with van der Waals surface area (Å²) >= 11 is 5.93. The van der Waals surface area contributed by atoms with Crippen LogP contribution in [-0.2, 0) is 0 Å². The number of furan rings is 1. The van der Waals surface area contributed by atoms with Crippen LogP contribution in [0.2, 0.25) is 5.02 Å². The number of benzene rings is 1. The van der Waals surface area contributed by atoms with E-state index in [4.69, 9.17) is 20.8 Å². The van der Waals surface area contributed by atoms with Gasteiger partial charge in [-0.05, 0) is 18.6 Å². The van der Waals surface area contributed by atoms with Gasteiger partial charge in [0.15, 0.2) is 17.1 Å². The Morgan fingerprint density at radius 2 is 2.27 bits per heavy atom. The van der Waals surface area contributed by atoms with Gasteiger partial charge >= 0.3 is 0 Å². The lowest BCUT2D eigenvalue weighted by Crippen LogP contribution is -1.94. The van der Waals surface area contributed by atoms with Crippen molar-refractivity contribution in [2.75, 3.05) is 6.61 Å². The highest BCUT2D eigenvalue weighted by molar-refractivity contribution is 6.36. The summed E-state index contributed by atoms with van der Waals surface area (Å²) in [5.74, 6) is 0.647. The third-order valence-electron chi connectivity index (χ3n) is 2.08. The molecule has 0 saturated carbocycles. The van der Waals surface area contributed by atoms with E-state index in [1.54, 1.807) is 12.1 Å². The third-order valence-corrected chi connectivity index (χ3v) is 2.39. The minimum absolute atomic E-state index is 0.0388. The molecule has 0 bridgehead atoms. The molecule has 0 fully saturated rings. The number of fused-ring (bicyclic) bond motifs is 1. The van der Waals surface area contributed by atoms with Crippen LogP contribution >= 0.6 is 11.6 Å². The van der Waals surface area contributed by atoms with E-state index in [1.807, 2.05) is 6.92 Å². The zero-order valence-electron chi connectivity index (χ0n) is 8.29. The van der Waals surface area contributed by atoms with E-state index in [0.717, 1.165) is 6.42 Å². The topological polar surface area (TPSA) is 42.6 Å². The summed E-state index contributed by atoms with van der Waals surface area (Å²) in [4.78, 5) is 0. The molecular formula is C11H11ClO3. The summed E-state index contributed by atoms with van der Waals surface area (Å²) in [7, 11) is 0. The van der Waals surface area contributed by atoms with Crippen molar-refractivity contribution in [3.05, 3.63) is 23.4 Å². The Labute approximate surface area is 92.2 Å². The molecule has 4 heteroatoms. The fourth-order valence-electron chi connectivity index (χ4n) is 1.39. The molecule has 0 aliphatic carbocycles. The van der Waals surface area contributed by atoms with Gasteiger partial charge in [-0.2, -0.15) is 0 Å². The smallest absolute Gasteiger partial charge is 0.181 e. The Balaban J connectivity index is 2.52. The lowest BCUT2D eigenvalue weighted by Gasteiger charge is -2.05. The van der Waals surface area contributed by atoms with E-state index in [0.29, 0.717) is 28.3 Å². The molecule has 1 N–H and O–H groups in total. The van der Waals surface area contributed by atoms with Gasteiger partial charge < -0.3 is 14.3 Å². The lowest BCUT2D eigenvalue weighted by atomic mass is 10.2. The summed E-state index contributed by atoms with van der Waals surface area (Å²) in [5.41, 5.74) is 0.494. The minimum atomic E-state index is 0.0388. The Hall–Kier alpha value is -1.35. The van der Waals surface area contributed by atoms with E-state index < -0.39 is 0 Å². The second kappa shape index (κ2) is 4.03. The standard InChI is InChI=1S/C11H11ClO3/c1-2-5-14-9-4-3-7(12)10-8(13)6-15-11(9)10/h3-4,6,13H,2,5H2,1H3. The van der Waals surface area contributed by atoms with E-state index in [-0.39, 0.29) is 5.75 Å². The van der Waals surface area contributed by atoms with Gasteiger partial charge in [0.1, 0.15) is 6.26 Å². The molecule has 0 radical (unpaired) electrons. The number of hydrogen-bond donors (Lipinski definition) is 1. The fraction of sp³-hybridized carbons (Fsp3) is 0.273. The van der Waals surface area contributed by atoms with Crippen molar-refractivity contribution >= 4 is 22.6 Å². The predicted octanol–water partition coefficient (Wildman–Crippen LogP) is 3.58. The second-order valence-electron chi connectivity index (χ2n) is 3.22. The molecule has 1 aromatic heterocycles. The normalized spacial score (nSPS) is 10.8. The van der Waals surface area contributed by atoms with Crippen molar-refractivity contribution in [3.63, 3.8) is 0 Å². The van der Waals surface area contributed by atoms with Gasteiger partial charge in [0.05, 0.1) is 17.0 Å². The molecule has 0 aliphatic heterocycles. The monoisotopic (exact) mass is 226 g/mol. The number of aromatic hydroxyl groups is 1. The van der Waals surface area contributed by atoms with Crippen molar-refractivity contribution < 1.29 is 14.3 Å². The van der Waals surface area contributed by atoms with Crippen LogP contribution < -0.4 is 4.74 Å². The average Bonchev–Trinajstić information content (AvgIpc) is 2.61. The van der Waals surface area contributed by atoms with Crippen molar-refractivity contribution in [1.82, 2.24) is 0 Å². The first-order chi connectivity index (χ1) is 7.24. The predicted molar refractivity (Wildman–Crippen MR) is 58.7 cm³/mol. The molecule has 1 heterocycles. The highest BCUT2D eigenvalue weighted by Crippen LogP contribution is 2.38.